The van der Waals surface area contributed by atoms with Crippen molar-refractivity contribution in [3.63, 3.8) is 0 Å². The van der Waals surface area contributed by atoms with Crippen LogP contribution in [0, 0.1) is 5.82 Å². The van der Waals surface area contributed by atoms with E-state index in [0.29, 0.717) is 0 Å². The molecule has 0 radical (unpaired) electrons. The van der Waals surface area contributed by atoms with Crippen LogP contribution in [0.4, 0.5) is 4.39 Å². The number of benzene rings is 1. The fraction of sp³-hybridized carbons (Fsp3) is 0.267. The van der Waals surface area contributed by atoms with Crippen LogP contribution in [0.2, 0.25) is 0 Å². The standard InChI is InChI=1S/C15H16FN3O3/c1-15(2,14(21)22)18(3)13(20)11-8-9-19(17-11)12-7-5-4-6-10(12)16/h4-9H,1-3H3,(H,21,22). The van der Waals surface area contributed by atoms with Crippen LogP contribution in [0.1, 0.15) is 24.3 Å². The summed E-state index contributed by atoms with van der Waals surface area (Å²) < 4.78 is 14.9. The highest BCUT2D eigenvalue weighted by Gasteiger charge is 2.36. The minimum Gasteiger partial charge on any atom is -0.480 e. The molecule has 0 aliphatic carbocycles. The largest absolute Gasteiger partial charge is 0.480 e. The maximum absolute atomic E-state index is 13.7. The molecule has 1 N–H and O–H groups in total. The predicted molar refractivity (Wildman–Crippen MR) is 77.3 cm³/mol. The van der Waals surface area contributed by atoms with E-state index in [0.717, 1.165) is 4.90 Å². The number of carbonyl (C=O) groups excluding carboxylic acids is 1. The van der Waals surface area contributed by atoms with Gasteiger partial charge in [-0.3, -0.25) is 4.79 Å². The summed E-state index contributed by atoms with van der Waals surface area (Å²) in [5.74, 6) is -2.15. The van der Waals surface area contributed by atoms with Crippen molar-refractivity contribution in [2.45, 2.75) is 19.4 Å². The van der Waals surface area contributed by atoms with Crippen molar-refractivity contribution in [2.75, 3.05) is 7.05 Å². The van der Waals surface area contributed by atoms with Crippen LogP contribution in [0.15, 0.2) is 36.5 Å². The second-order valence-electron chi connectivity index (χ2n) is 5.33. The summed E-state index contributed by atoms with van der Waals surface area (Å²) in [5.41, 5.74) is -1.12. The summed E-state index contributed by atoms with van der Waals surface area (Å²) in [4.78, 5) is 24.6. The molecule has 22 heavy (non-hydrogen) atoms. The zero-order valence-electron chi connectivity index (χ0n) is 12.4. The number of nitrogens with zero attached hydrogens (tertiary/aromatic N) is 3. The quantitative estimate of drug-likeness (QED) is 0.936. The Labute approximate surface area is 126 Å². The second kappa shape index (κ2) is 5.59. The molecule has 1 heterocycles. The lowest BCUT2D eigenvalue weighted by Crippen LogP contribution is -2.50. The summed E-state index contributed by atoms with van der Waals surface area (Å²) in [6.07, 6.45) is 1.45. The van der Waals surface area contributed by atoms with Gasteiger partial charge in [0.05, 0.1) is 0 Å². The number of halogens is 1. The number of rotatable bonds is 4. The zero-order valence-corrected chi connectivity index (χ0v) is 12.4. The number of aromatic nitrogens is 2. The Balaban J connectivity index is 2.31. The predicted octanol–water partition coefficient (Wildman–Crippen LogP) is 1.95. The number of hydrogen-bond donors (Lipinski definition) is 1. The molecule has 1 aromatic heterocycles. The van der Waals surface area contributed by atoms with Crippen LogP contribution in [0.5, 0.6) is 0 Å². The van der Waals surface area contributed by atoms with Crippen LogP contribution in [-0.2, 0) is 4.79 Å². The van der Waals surface area contributed by atoms with Crippen molar-refractivity contribution in [3.8, 4) is 5.69 Å². The highest BCUT2D eigenvalue weighted by molar-refractivity contribution is 5.95. The molecule has 7 heteroatoms. The Morgan fingerprint density at radius 3 is 2.50 bits per heavy atom. The summed E-state index contributed by atoms with van der Waals surface area (Å²) in [7, 11) is 1.39. The van der Waals surface area contributed by atoms with E-state index in [-0.39, 0.29) is 11.4 Å². The first-order valence-electron chi connectivity index (χ1n) is 6.57. The molecule has 1 aromatic carbocycles. The molecule has 0 aliphatic rings. The van der Waals surface area contributed by atoms with Crippen LogP contribution in [0.3, 0.4) is 0 Å². The zero-order chi connectivity index (χ0) is 16.5. The summed E-state index contributed by atoms with van der Waals surface area (Å²) >= 11 is 0. The number of amides is 1. The van der Waals surface area contributed by atoms with E-state index in [4.69, 9.17) is 5.11 Å². The SMILES string of the molecule is CN(C(=O)c1ccn(-c2ccccc2F)n1)C(C)(C)C(=O)O. The molecule has 6 nitrogen and oxygen atoms in total. The van der Waals surface area contributed by atoms with E-state index in [2.05, 4.69) is 5.10 Å². The Hall–Kier alpha value is -2.70. The minimum atomic E-state index is -1.38. The third-order valence-corrected chi connectivity index (χ3v) is 3.57. The van der Waals surface area contributed by atoms with Crippen molar-refractivity contribution in [2.24, 2.45) is 0 Å². The van der Waals surface area contributed by atoms with Gasteiger partial charge < -0.3 is 10.0 Å². The van der Waals surface area contributed by atoms with Crippen molar-refractivity contribution in [3.05, 3.63) is 48.0 Å². The molecule has 0 saturated carbocycles. The molecule has 1 amide bonds. The van der Waals surface area contributed by atoms with Crippen molar-refractivity contribution < 1.29 is 19.1 Å². The molecular formula is C15H16FN3O3. The Bertz CT molecular complexity index is 724. The van der Waals surface area contributed by atoms with Gasteiger partial charge in [-0.15, -0.1) is 0 Å². The smallest absolute Gasteiger partial charge is 0.329 e. The maximum Gasteiger partial charge on any atom is 0.329 e. The molecule has 116 valence electrons. The topological polar surface area (TPSA) is 75.4 Å². The van der Waals surface area contributed by atoms with Gasteiger partial charge in [0.25, 0.3) is 5.91 Å². The number of aliphatic carboxylic acids is 1. The third kappa shape index (κ3) is 2.69. The average Bonchev–Trinajstić information content (AvgIpc) is 2.95. The molecular weight excluding hydrogens is 289 g/mol. The summed E-state index contributed by atoms with van der Waals surface area (Å²) in [5, 5.41) is 13.2. The highest BCUT2D eigenvalue weighted by atomic mass is 19.1. The molecule has 0 fully saturated rings. The molecule has 0 bridgehead atoms. The van der Waals surface area contributed by atoms with E-state index >= 15 is 0 Å². The van der Waals surface area contributed by atoms with Gasteiger partial charge >= 0.3 is 5.97 Å². The van der Waals surface area contributed by atoms with E-state index < -0.39 is 23.2 Å². The lowest BCUT2D eigenvalue weighted by Gasteiger charge is -2.30. The van der Waals surface area contributed by atoms with Gasteiger partial charge in [-0.05, 0) is 32.0 Å². The fourth-order valence-electron chi connectivity index (χ4n) is 1.78. The normalized spacial score (nSPS) is 11.3. The van der Waals surface area contributed by atoms with Gasteiger partial charge in [0.1, 0.15) is 17.0 Å². The molecule has 0 saturated heterocycles. The van der Waals surface area contributed by atoms with Crippen LogP contribution in [-0.4, -0.2) is 44.3 Å². The van der Waals surface area contributed by atoms with Crippen molar-refractivity contribution in [1.29, 1.82) is 0 Å². The molecule has 2 rings (SSSR count). The summed E-state index contributed by atoms with van der Waals surface area (Å²) in [6.45, 7) is 2.84. The Kier molecular flexibility index (Phi) is 3.99. The Morgan fingerprint density at radius 1 is 1.27 bits per heavy atom. The molecule has 0 spiro atoms. The number of likely N-dealkylation sites (N-methyl/N-ethyl adjacent to an activating group) is 1. The average molecular weight is 305 g/mol. The number of carbonyl (C=O) groups is 2. The van der Waals surface area contributed by atoms with Crippen LogP contribution >= 0.6 is 0 Å². The van der Waals surface area contributed by atoms with Crippen LogP contribution in [0.25, 0.3) is 5.69 Å². The first-order chi connectivity index (χ1) is 10.2. The van der Waals surface area contributed by atoms with E-state index in [1.54, 1.807) is 12.1 Å². The van der Waals surface area contributed by atoms with Gasteiger partial charge in [0.2, 0.25) is 0 Å². The van der Waals surface area contributed by atoms with Gasteiger partial charge in [-0.1, -0.05) is 12.1 Å². The molecule has 0 aliphatic heterocycles. The van der Waals surface area contributed by atoms with E-state index in [9.17, 15) is 14.0 Å². The van der Waals surface area contributed by atoms with Crippen molar-refractivity contribution >= 4 is 11.9 Å². The maximum atomic E-state index is 13.7. The summed E-state index contributed by atoms with van der Waals surface area (Å²) in [6, 6.07) is 7.45. The van der Waals surface area contributed by atoms with E-state index in [1.165, 1.54) is 50.0 Å². The number of para-hydroxylation sites is 1. The highest BCUT2D eigenvalue weighted by Crippen LogP contribution is 2.17. The van der Waals surface area contributed by atoms with Gasteiger partial charge in [0.15, 0.2) is 5.69 Å². The number of carboxylic acids is 1. The second-order valence-corrected chi connectivity index (χ2v) is 5.33. The lowest BCUT2D eigenvalue weighted by molar-refractivity contribution is -0.147. The molecule has 0 atom stereocenters. The first kappa shape index (κ1) is 15.7. The van der Waals surface area contributed by atoms with Gasteiger partial charge in [-0.2, -0.15) is 5.10 Å². The third-order valence-electron chi connectivity index (χ3n) is 3.57. The lowest BCUT2D eigenvalue weighted by atomic mass is 10.0. The number of hydrogen-bond acceptors (Lipinski definition) is 3. The fourth-order valence-corrected chi connectivity index (χ4v) is 1.78. The monoisotopic (exact) mass is 305 g/mol. The minimum absolute atomic E-state index is 0.0417. The van der Waals surface area contributed by atoms with E-state index in [1.807, 2.05) is 0 Å². The van der Waals surface area contributed by atoms with Crippen LogP contribution < -0.4 is 0 Å². The van der Waals surface area contributed by atoms with Crippen molar-refractivity contribution in [1.82, 2.24) is 14.7 Å². The Morgan fingerprint density at radius 2 is 1.91 bits per heavy atom. The van der Waals surface area contributed by atoms with Gasteiger partial charge in [-0.25, -0.2) is 13.9 Å². The first-order valence-corrected chi connectivity index (χ1v) is 6.57. The number of carboxylic acid groups (broad SMARTS) is 1. The molecule has 2 aromatic rings. The van der Waals surface area contributed by atoms with Gasteiger partial charge in [0, 0.05) is 13.2 Å². The molecule has 0 unspecified atom stereocenters.